The Hall–Kier alpha value is -0.900. The Labute approximate surface area is 165 Å². The zero-order chi connectivity index (χ0) is 19.0. The first kappa shape index (κ1) is 19.4. The van der Waals surface area contributed by atoms with E-state index in [9.17, 15) is 0 Å². The normalized spacial score (nSPS) is 30.2. The van der Waals surface area contributed by atoms with Crippen LogP contribution in [0.15, 0.2) is 24.3 Å². The molecule has 3 nitrogen and oxygen atoms in total. The lowest BCUT2D eigenvalue weighted by Gasteiger charge is -2.37. The van der Waals surface area contributed by atoms with E-state index < -0.39 is 0 Å². The Morgan fingerprint density at radius 2 is 2.04 bits per heavy atom. The molecule has 0 amide bonds. The highest BCUT2D eigenvalue weighted by atomic mass is 16.5. The standard InChI is InChI=1S/C24H38N2O/c1-17(2)22-8-10-25-23(22)19-7-5-6-18(12-19)13-24(3,4)20-9-11-26(14-20)21-15-27-16-21/h5-7,12,17,20-23,25H,8-11,13-16H2,1-4H3. The van der Waals surface area contributed by atoms with Gasteiger partial charge in [0.1, 0.15) is 0 Å². The lowest BCUT2D eigenvalue weighted by molar-refractivity contribution is -0.0595. The number of nitrogens with zero attached hydrogens (tertiary/aromatic N) is 1. The Morgan fingerprint density at radius 3 is 2.74 bits per heavy atom. The van der Waals surface area contributed by atoms with Crippen LogP contribution in [0.1, 0.15) is 57.7 Å². The number of ether oxygens (including phenoxy) is 1. The van der Waals surface area contributed by atoms with E-state index in [1.807, 2.05) is 0 Å². The highest BCUT2D eigenvalue weighted by Gasteiger charge is 2.39. The van der Waals surface area contributed by atoms with Crippen molar-refractivity contribution >= 4 is 0 Å². The Morgan fingerprint density at radius 1 is 1.22 bits per heavy atom. The zero-order valence-corrected chi connectivity index (χ0v) is 17.7. The van der Waals surface area contributed by atoms with Gasteiger partial charge in [-0.2, -0.15) is 0 Å². The average Bonchev–Trinajstić information content (AvgIpc) is 3.23. The number of hydrogen-bond donors (Lipinski definition) is 1. The van der Waals surface area contributed by atoms with Crippen molar-refractivity contribution in [1.29, 1.82) is 0 Å². The second-order valence-corrected chi connectivity index (χ2v) is 10.2. The van der Waals surface area contributed by atoms with Crippen molar-refractivity contribution in [2.45, 2.75) is 59.0 Å². The SMILES string of the molecule is CC(C)C1CCNC1c1cccc(CC(C)(C)C2CCN(C3COC3)C2)c1. The van der Waals surface area contributed by atoms with Crippen molar-refractivity contribution in [3.8, 4) is 0 Å². The van der Waals surface area contributed by atoms with Crippen molar-refractivity contribution in [2.75, 3.05) is 32.8 Å². The predicted octanol–water partition coefficient (Wildman–Crippen LogP) is 4.28. The summed E-state index contributed by atoms with van der Waals surface area (Å²) in [5.74, 6) is 2.29. The van der Waals surface area contributed by atoms with Crippen molar-refractivity contribution in [3.63, 3.8) is 0 Å². The summed E-state index contributed by atoms with van der Waals surface area (Å²) in [7, 11) is 0. The van der Waals surface area contributed by atoms with E-state index in [0.29, 0.717) is 17.5 Å². The van der Waals surface area contributed by atoms with E-state index in [-0.39, 0.29) is 0 Å². The van der Waals surface area contributed by atoms with Crippen molar-refractivity contribution in [3.05, 3.63) is 35.4 Å². The number of hydrogen-bond acceptors (Lipinski definition) is 3. The van der Waals surface area contributed by atoms with Gasteiger partial charge in [0.05, 0.1) is 19.3 Å². The monoisotopic (exact) mass is 370 g/mol. The minimum atomic E-state index is 0.346. The van der Waals surface area contributed by atoms with Gasteiger partial charge in [-0.05, 0) is 66.6 Å². The van der Waals surface area contributed by atoms with Crippen LogP contribution < -0.4 is 5.32 Å². The zero-order valence-electron chi connectivity index (χ0n) is 17.7. The average molecular weight is 371 g/mol. The number of nitrogens with one attached hydrogen (secondary N) is 1. The van der Waals surface area contributed by atoms with Gasteiger partial charge in [-0.3, -0.25) is 4.90 Å². The highest BCUT2D eigenvalue weighted by molar-refractivity contribution is 5.28. The summed E-state index contributed by atoms with van der Waals surface area (Å²) >= 11 is 0. The van der Waals surface area contributed by atoms with Crippen molar-refractivity contribution < 1.29 is 4.74 Å². The summed E-state index contributed by atoms with van der Waals surface area (Å²) in [6, 6.07) is 10.7. The molecule has 4 rings (SSSR count). The predicted molar refractivity (Wildman–Crippen MR) is 112 cm³/mol. The fraction of sp³-hybridized carbons (Fsp3) is 0.750. The Kier molecular flexibility index (Phi) is 5.64. The Bertz CT molecular complexity index is 637. The molecule has 0 radical (unpaired) electrons. The van der Waals surface area contributed by atoms with Gasteiger partial charge in [-0.1, -0.05) is 52.0 Å². The second kappa shape index (κ2) is 7.85. The van der Waals surface area contributed by atoms with Gasteiger partial charge >= 0.3 is 0 Å². The molecule has 0 saturated carbocycles. The van der Waals surface area contributed by atoms with E-state index in [0.717, 1.165) is 37.5 Å². The molecule has 1 aromatic rings. The van der Waals surface area contributed by atoms with Crippen LogP contribution in [0, 0.1) is 23.2 Å². The van der Waals surface area contributed by atoms with E-state index in [1.54, 1.807) is 0 Å². The van der Waals surface area contributed by atoms with E-state index >= 15 is 0 Å². The van der Waals surface area contributed by atoms with Gasteiger partial charge in [-0.15, -0.1) is 0 Å². The molecule has 0 spiro atoms. The van der Waals surface area contributed by atoms with Gasteiger partial charge in [0.2, 0.25) is 0 Å². The van der Waals surface area contributed by atoms with Gasteiger partial charge in [0.25, 0.3) is 0 Å². The summed E-state index contributed by atoms with van der Waals surface area (Å²) in [6.07, 6.45) is 3.82. The molecule has 150 valence electrons. The first-order valence-corrected chi connectivity index (χ1v) is 11.1. The maximum Gasteiger partial charge on any atom is 0.0645 e. The van der Waals surface area contributed by atoms with Crippen LogP contribution >= 0.6 is 0 Å². The molecule has 3 saturated heterocycles. The summed E-state index contributed by atoms with van der Waals surface area (Å²) < 4.78 is 5.40. The van der Waals surface area contributed by atoms with Gasteiger partial charge in [0, 0.05) is 12.6 Å². The van der Waals surface area contributed by atoms with Gasteiger partial charge in [-0.25, -0.2) is 0 Å². The van der Waals surface area contributed by atoms with Crippen molar-refractivity contribution in [2.24, 2.45) is 23.2 Å². The molecule has 3 aliphatic rings. The summed E-state index contributed by atoms with van der Waals surface area (Å²) in [4.78, 5) is 2.67. The summed E-state index contributed by atoms with van der Waals surface area (Å²) in [5.41, 5.74) is 3.36. The molecule has 3 heteroatoms. The molecule has 1 N–H and O–H groups in total. The maximum absolute atomic E-state index is 5.40. The fourth-order valence-corrected chi connectivity index (χ4v) is 5.56. The molecule has 3 aliphatic heterocycles. The van der Waals surface area contributed by atoms with Crippen LogP contribution in [0.4, 0.5) is 0 Å². The van der Waals surface area contributed by atoms with Crippen molar-refractivity contribution in [1.82, 2.24) is 10.2 Å². The molecule has 1 aromatic carbocycles. The van der Waals surface area contributed by atoms with Gasteiger partial charge < -0.3 is 10.1 Å². The fourth-order valence-electron chi connectivity index (χ4n) is 5.56. The summed E-state index contributed by atoms with van der Waals surface area (Å²) in [5, 5.41) is 3.76. The van der Waals surface area contributed by atoms with Crippen LogP contribution in [0.5, 0.6) is 0 Å². The molecule has 0 aromatic heterocycles. The Balaban J connectivity index is 1.43. The number of benzene rings is 1. The third-order valence-electron chi connectivity index (χ3n) is 7.56. The molecular formula is C24H38N2O. The molecule has 3 fully saturated rings. The van der Waals surface area contributed by atoms with E-state index in [1.165, 1.54) is 43.5 Å². The van der Waals surface area contributed by atoms with Crippen LogP contribution in [0.25, 0.3) is 0 Å². The molecule has 3 atom stereocenters. The smallest absolute Gasteiger partial charge is 0.0645 e. The second-order valence-electron chi connectivity index (χ2n) is 10.2. The molecule has 3 unspecified atom stereocenters. The molecule has 0 bridgehead atoms. The molecule has 0 aliphatic carbocycles. The van der Waals surface area contributed by atoms with Crippen LogP contribution in [0.3, 0.4) is 0 Å². The quantitative estimate of drug-likeness (QED) is 0.809. The lowest BCUT2D eigenvalue weighted by atomic mass is 9.73. The van der Waals surface area contributed by atoms with Crippen LogP contribution in [-0.4, -0.2) is 43.8 Å². The lowest BCUT2D eigenvalue weighted by Crippen LogP contribution is -2.48. The minimum absolute atomic E-state index is 0.346. The third kappa shape index (κ3) is 4.11. The first-order valence-electron chi connectivity index (χ1n) is 11.1. The van der Waals surface area contributed by atoms with E-state index in [2.05, 4.69) is 62.2 Å². The minimum Gasteiger partial charge on any atom is -0.378 e. The van der Waals surface area contributed by atoms with Crippen LogP contribution in [0.2, 0.25) is 0 Å². The number of rotatable bonds is 6. The summed E-state index contributed by atoms with van der Waals surface area (Å²) in [6.45, 7) is 15.3. The molecular weight excluding hydrogens is 332 g/mol. The topological polar surface area (TPSA) is 24.5 Å². The van der Waals surface area contributed by atoms with Gasteiger partial charge in [0.15, 0.2) is 0 Å². The highest BCUT2D eigenvalue weighted by Crippen LogP contribution is 2.40. The van der Waals surface area contributed by atoms with E-state index in [4.69, 9.17) is 4.74 Å². The third-order valence-corrected chi connectivity index (χ3v) is 7.56. The largest absolute Gasteiger partial charge is 0.378 e. The number of likely N-dealkylation sites (tertiary alicyclic amines) is 1. The maximum atomic E-state index is 5.40. The van der Waals surface area contributed by atoms with Crippen LogP contribution in [-0.2, 0) is 11.2 Å². The molecule has 27 heavy (non-hydrogen) atoms. The first-order chi connectivity index (χ1) is 12.9. The molecule has 3 heterocycles.